The molecule has 246 valence electrons. The Morgan fingerprint density at radius 1 is 0.889 bits per heavy atom. The van der Waals surface area contributed by atoms with E-state index in [0.29, 0.717) is 17.7 Å². The molecule has 0 aromatic heterocycles. The van der Waals surface area contributed by atoms with Crippen LogP contribution in [0.15, 0.2) is 67.3 Å². The van der Waals surface area contributed by atoms with Crippen LogP contribution < -0.4 is 10.6 Å². The molecule has 0 saturated carbocycles. The number of ether oxygens (including phenoxy) is 2. The van der Waals surface area contributed by atoms with Crippen molar-refractivity contribution in [2.75, 3.05) is 18.6 Å². The maximum absolute atomic E-state index is 14.3. The van der Waals surface area contributed by atoms with Crippen LogP contribution in [0.4, 0.5) is 4.79 Å². The van der Waals surface area contributed by atoms with Crippen molar-refractivity contribution in [1.29, 1.82) is 0 Å². The number of nitrogens with zero attached hydrogens (tertiary/aromatic N) is 1. The van der Waals surface area contributed by atoms with Crippen LogP contribution in [0.25, 0.3) is 0 Å². The highest BCUT2D eigenvalue weighted by atomic mass is 32.2. The topological polar surface area (TPSA) is 114 Å². The molecule has 0 aliphatic carbocycles. The Balaban J connectivity index is 2.56. The van der Waals surface area contributed by atoms with Gasteiger partial charge in [0.1, 0.15) is 29.3 Å². The normalized spacial score (nSPS) is 13.5. The summed E-state index contributed by atoms with van der Waals surface area (Å²) in [6.07, 6.45) is 3.20. The fraction of sp³-hybridized carbons (Fsp3) is 0.486. The van der Waals surface area contributed by atoms with Crippen LogP contribution in [0.2, 0.25) is 0 Å². The lowest BCUT2D eigenvalue weighted by molar-refractivity contribution is -0.159. The van der Waals surface area contributed by atoms with Gasteiger partial charge in [-0.05, 0) is 78.0 Å². The standard InChI is InChI=1S/C35H49N3O6S/c1-10-21-38(31(40)27(20-22-45-9)37-33(42)44-35(6,7)8)29(26-18-16-24(2)17-19-26)30(39)36-28(32(41)43-34(3,4)5)23-25-14-12-11-13-15-25/h10-19,27-29H,1,20-23H2,2-9H3,(H,36,39)(H,37,42). The predicted octanol–water partition coefficient (Wildman–Crippen LogP) is 5.77. The number of amides is 3. The number of alkyl carbamates (subject to hydrolysis) is 1. The third-order valence-electron chi connectivity index (χ3n) is 6.45. The zero-order valence-corrected chi connectivity index (χ0v) is 28.7. The first kappa shape index (κ1) is 37.4. The molecule has 10 heteroatoms. The fourth-order valence-corrected chi connectivity index (χ4v) is 4.96. The van der Waals surface area contributed by atoms with Crippen LogP contribution in [-0.4, -0.2) is 70.6 Å². The average molecular weight is 640 g/mol. The minimum Gasteiger partial charge on any atom is -0.458 e. The van der Waals surface area contributed by atoms with Crippen molar-refractivity contribution in [1.82, 2.24) is 15.5 Å². The Morgan fingerprint density at radius 3 is 2.02 bits per heavy atom. The first-order chi connectivity index (χ1) is 21.0. The molecule has 0 aliphatic heterocycles. The van der Waals surface area contributed by atoms with E-state index in [-0.39, 0.29) is 13.0 Å². The number of carbonyl (C=O) groups excluding carboxylic acids is 4. The smallest absolute Gasteiger partial charge is 0.408 e. The van der Waals surface area contributed by atoms with Gasteiger partial charge in [0.15, 0.2) is 0 Å². The molecule has 2 aromatic carbocycles. The van der Waals surface area contributed by atoms with Crippen molar-refractivity contribution in [2.24, 2.45) is 0 Å². The van der Waals surface area contributed by atoms with Crippen LogP contribution in [0.1, 0.15) is 70.7 Å². The SMILES string of the molecule is C=CCN(C(=O)C(CCSC)NC(=O)OC(C)(C)C)C(C(=O)NC(Cc1ccccc1)C(=O)OC(C)(C)C)c1ccc(C)cc1. The Bertz CT molecular complexity index is 1290. The molecule has 2 rings (SSSR count). The summed E-state index contributed by atoms with van der Waals surface area (Å²) >= 11 is 1.53. The quantitative estimate of drug-likeness (QED) is 0.199. The van der Waals surface area contributed by atoms with Crippen LogP contribution in [0.5, 0.6) is 0 Å². The van der Waals surface area contributed by atoms with E-state index in [4.69, 9.17) is 9.47 Å². The van der Waals surface area contributed by atoms with E-state index in [9.17, 15) is 19.2 Å². The molecule has 9 nitrogen and oxygen atoms in total. The zero-order valence-electron chi connectivity index (χ0n) is 27.8. The third-order valence-corrected chi connectivity index (χ3v) is 7.10. The largest absolute Gasteiger partial charge is 0.458 e. The van der Waals surface area contributed by atoms with E-state index < -0.39 is 53.2 Å². The minimum atomic E-state index is -1.14. The summed E-state index contributed by atoms with van der Waals surface area (Å²) in [5, 5.41) is 5.60. The summed E-state index contributed by atoms with van der Waals surface area (Å²) in [5.74, 6) is -1.06. The summed E-state index contributed by atoms with van der Waals surface area (Å²) in [7, 11) is 0. The van der Waals surface area contributed by atoms with Gasteiger partial charge in [0.2, 0.25) is 11.8 Å². The van der Waals surface area contributed by atoms with E-state index in [1.54, 1.807) is 53.7 Å². The number of hydrogen-bond acceptors (Lipinski definition) is 7. The Hall–Kier alpha value is -3.79. The van der Waals surface area contributed by atoms with Crippen LogP contribution >= 0.6 is 11.8 Å². The molecule has 45 heavy (non-hydrogen) atoms. The first-order valence-electron chi connectivity index (χ1n) is 15.1. The van der Waals surface area contributed by atoms with Crippen LogP contribution in [0, 0.1) is 6.92 Å². The maximum Gasteiger partial charge on any atom is 0.408 e. The van der Waals surface area contributed by atoms with Gasteiger partial charge in [0.25, 0.3) is 0 Å². The molecule has 3 amide bonds. The minimum absolute atomic E-state index is 0.00630. The number of hydrogen-bond donors (Lipinski definition) is 2. The number of rotatable bonds is 14. The molecule has 2 N–H and O–H groups in total. The average Bonchev–Trinajstić information content (AvgIpc) is 2.94. The van der Waals surface area contributed by atoms with Crippen molar-refractivity contribution >= 4 is 35.6 Å². The van der Waals surface area contributed by atoms with Crippen LogP contribution in [-0.2, 0) is 30.3 Å². The molecule has 0 fully saturated rings. The summed E-state index contributed by atoms with van der Waals surface area (Å²) in [5.41, 5.74) is 0.794. The molecular formula is C35H49N3O6S. The van der Waals surface area contributed by atoms with Crippen molar-refractivity contribution in [2.45, 2.75) is 90.6 Å². The second-order valence-electron chi connectivity index (χ2n) is 12.9. The second-order valence-corrected chi connectivity index (χ2v) is 13.8. The summed E-state index contributed by atoms with van der Waals surface area (Å²) < 4.78 is 11.1. The van der Waals surface area contributed by atoms with Gasteiger partial charge in [0.05, 0.1) is 0 Å². The van der Waals surface area contributed by atoms with E-state index >= 15 is 0 Å². The lowest BCUT2D eigenvalue weighted by atomic mass is 9.99. The number of aryl methyl sites for hydroxylation is 1. The first-order valence-corrected chi connectivity index (χ1v) is 16.5. The fourth-order valence-electron chi connectivity index (χ4n) is 4.49. The maximum atomic E-state index is 14.3. The molecule has 2 aromatic rings. The highest BCUT2D eigenvalue weighted by Crippen LogP contribution is 2.25. The van der Waals surface area contributed by atoms with Gasteiger partial charge in [-0.3, -0.25) is 9.59 Å². The molecule has 0 radical (unpaired) electrons. The number of carbonyl (C=O) groups is 4. The van der Waals surface area contributed by atoms with Crippen molar-refractivity contribution < 1.29 is 28.7 Å². The van der Waals surface area contributed by atoms with Crippen LogP contribution in [0.3, 0.4) is 0 Å². The highest BCUT2D eigenvalue weighted by molar-refractivity contribution is 7.98. The highest BCUT2D eigenvalue weighted by Gasteiger charge is 2.38. The van der Waals surface area contributed by atoms with E-state index in [0.717, 1.165) is 11.1 Å². The summed E-state index contributed by atoms with van der Waals surface area (Å²) in [6.45, 7) is 16.3. The predicted molar refractivity (Wildman–Crippen MR) is 180 cm³/mol. The van der Waals surface area contributed by atoms with Gasteiger partial charge in [-0.15, -0.1) is 6.58 Å². The van der Waals surface area contributed by atoms with E-state index in [1.807, 2.05) is 55.6 Å². The number of nitrogens with one attached hydrogen (secondary N) is 2. The molecule has 0 spiro atoms. The van der Waals surface area contributed by atoms with Gasteiger partial charge in [-0.1, -0.05) is 66.2 Å². The molecule has 0 aliphatic rings. The molecular weight excluding hydrogens is 590 g/mol. The van der Waals surface area contributed by atoms with Crippen molar-refractivity contribution in [3.8, 4) is 0 Å². The molecule has 3 unspecified atom stereocenters. The monoisotopic (exact) mass is 639 g/mol. The van der Waals surface area contributed by atoms with E-state index in [2.05, 4.69) is 17.2 Å². The second kappa shape index (κ2) is 17.1. The van der Waals surface area contributed by atoms with Gasteiger partial charge in [-0.25, -0.2) is 9.59 Å². The lowest BCUT2D eigenvalue weighted by Crippen LogP contribution is -2.55. The van der Waals surface area contributed by atoms with E-state index in [1.165, 1.54) is 22.7 Å². The lowest BCUT2D eigenvalue weighted by Gasteiger charge is -2.35. The van der Waals surface area contributed by atoms with Crippen molar-refractivity contribution in [3.63, 3.8) is 0 Å². The van der Waals surface area contributed by atoms with Gasteiger partial charge in [-0.2, -0.15) is 11.8 Å². The third kappa shape index (κ3) is 13.0. The molecule has 0 saturated heterocycles. The Labute approximate surface area is 272 Å². The Morgan fingerprint density at radius 2 is 1.49 bits per heavy atom. The zero-order chi connectivity index (χ0) is 33.8. The number of benzene rings is 2. The molecule has 0 heterocycles. The van der Waals surface area contributed by atoms with Gasteiger partial charge in [0, 0.05) is 13.0 Å². The Kier molecular flexibility index (Phi) is 14.2. The molecule has 0 bridgehead atoms. The van der Waals surface area contributed by atoms with Gasteiger partial charge < -0.3 is 25.0 Å². The summed E-state index contributed by atoms with van der Waals surface area (Å²) in [4.78, 5) is 56.1. The molecule has 3 atom stereocenters. The number of thioether (sulfide) groups is 1. The van der Waals surface area contributed by atoms with Gasteiger partial charge >= 0.3 is 12.1 Å². The number of esters is 1. The van der Waals surface area contributed by atoms with Crippen molar-refractivity contribution in [3.05, 3.63) is 83.9 Å². The summed E-state index contributed by atoms with van der Waals surface area (Å²) in [6, 6.07) is 13.4.